The molecule has 0 bridgehead atoms. The molecule has 1 amide bonds. The van der Waals surface area contributed by atoms with Crippen LogP contribution < -0.4 is 5.32 Å². The van der Waals surface area contributed by atoms with Gasteiger partial charge >= 0.3 is 12.1 Å². The van der Waals surface area contributed by atoms with E-state index in [9.17, 15) is 14.4 Å². The number of Topliss-reactive ketones (excluding diaryl/α,β-unsaturated/α-hetero) is 1. The average molecular weight is 333 g/mol. The van der Waals surface area contributed by atoms with Crippen molar-refractivity contribution in [3.8, 4) is 0 Å². The minimum Gasteiger partial charge on any atom is -0.468 e. The van der Waals surface area contributed by atoms with E-state index < -0.39 is 23.5 Å². The summed E-state index contributed by atoms with van der Waals surface area (Å²) in [5.41, 5.74) is -0.253. The molecule has 130 valence electrons. The Bertz CT molecular complexity index is 601. The van der Waals surface area contributed by atoms with Gasteiger partial charge in [-0.25, -0.2) is 4.79 Å². The number of benzene rings is 1. The molecule has 2 rings (SSSR count). The van der Waals surface area contributed by atoms with E-state index in [1.807, 2.05) is 30.3 Å². The highest BCUT2D eigenvalue weighted by molar-refractivity contribution is 6.06. The maximum atomic E-state index is 12.5. The monoisotopic (exact) mass is 333 g/mol. The average Bonchev–Trinajstić information content (AvgIpc) is 3.00. The van der Waals surface area contributed by atoms with Crippen molar-refractivity contribution in [1.29, 1.82) is 0 Å². The molecule has 1 aromatic carbocycles. The number of alkyl carbamates (subject to hydrolysis) is 1. The minimum absolute atomic E-state index is 0.177. The summed E-state index contributed by atoms with van der Waals surface area (Å²) in [6.07, 6.45) is 1.72. The van der Waals surface area contributed by atoms with E-state index in [1.165, 1.54) is 14.2 Å². The van der Waals surface area contributed by atoms with Crippen molar-refractivity contribution in [3.05, 3.63) is 35.9 Å². The Balaban J connectivity index is 2.27. The summed E-state index contributed by atoms with van der Waals surface area (Å²) < 4.78 is 9.58. The number of ketones is 1. The Morgan fingerprint density at radius 2 is 1.92 bits per heavy atom. The van der Waals surface area contributed by atoms with Crippen molar-refractivity contribution in [2.45, 2.75) is 38.1 Å². The van der Waals surface area contributed by atoms with Gasteiger partial charge in [-0.2, -0.15) is 0 Å². The van der Waals surface area contributed by atoms with Crippen LogP contribution in [0.1, 0.15) is 31.2 Å². The van der Waals surface area contributed by atoms with E-state index in [2.05, 4.69) is 10.1 Å². The number of rotatable bonds is 6. The second-order valence-corrected chi connectivity index (χ2v) is 5.95. The lowest BCUT2D eigenvalue weighted by atomic mass is 9.75. The van der Waals surface area contributed by atoms with Gasteiger partial charge in [0.2, 0.25) is 0 Å². The lowest BCUT2D eigenvalue weighted by molar-refractivity contribution is -0.158. The van der Waals surface area contributed by atoms with Crippen molar-refractivity contribution < 1.29 is 23.9 Å². The molecule has 24 heavy (non-hydrogen) atoms. The Morgan fingerprint density at radius 1 is 1.21 bits per heavy atom. The maximum Gasteiger partial charge on any atom is 0.407 e. The van der Waals surface area contributed by atoms with Crippen LogP contribution in [0.2, 0.25) is 0 Å². The first-order valence-corrected chi connectivity index (χ1v) is 8.04. The van der Waals surface area contributed by atoms with Crippen LogP contribution in [0.25, 0.3) is 0 Å². The van der Waals surface area contributed by atoms with Crippen LogP contribution in [0.15, 0.2) is 30.3 Å². The number of carbonyl (C=O) groups is 3. The summed E-state index contributed by atoms with van der Waals surface area (Å²) in [7, 11) is 2.52. The second-order valence-electron chi connectivity index (χ2n) is 5.95. The Hall–Kier alpha value is -2.37. The largest absolute Gasteiger partial charge is 0.468 e. The Kier molecular flexibility index (Phi) is 5.95. The third-order valence-electron chi connectivity index (χ3n) is 4.66. The van der Waals surface area contributed by atoms with Gasteiger partial charge in [0, 0.05) is 6.42 Å². The number of methoxy groups -OCH3 is 2. The van der Waals surface area contributed by atoms with Gasteiger partial charge in [0.15, 0.2) is 5.78 Å². The van der Waals surface area contributed by atoms with Gasteiger partial charge in [-0.3, -0.25) is 9.59 Å². The van der Waals surface area contributed by atoms with Crippen LogP contribution in [0.3, 0.4) is 0 Å². The topological polar surface area (TPSA) is 81.7 Å². The summed E-state index contributed by atoms with van der Waals surface area (Å²) in [6.45, 7) is 0. The first kappa shape index (κ1) is 18.0. The molecule has 0 aliphatic heterocycles. The third-order valence-corrected chi connectivity index (χ3v) is 4.66. The summed E-state index contributed by atoms with van der Waals surface area (Å²) in [5.74, 6) is -0.761. The number of aryl methyl sites for hydroxylation is 1. The van der Waals surface area contributed by atoms with Gasteiger partial charge < -0.3 is 14.8 Å². The van der Waals surface area contributed by atoms with Gasteiger partial charge in [0.1, 0.15) is 5.41 Å². The summed E-state index contributed by atoms with van der Waals surface area (Å²) in [4.78, 5) is 36.7. The van der Waals surface area contributed by atoms with Crippen LogP contribution >= 0.6 is 0 Å². The predicted molar refractivity (Wildman–Crippen MR) is 87.4 cm³/mol. The van der Waals surface area contributed by atoms with Crippen molar-refractivity contribution in [2.24, 2.45) is 5.41 Å². The van der Waals surface area contributed by atoms with Gasteiger partial charge in [-0.05, 0) is 31.2 Å². The van der Waals surface area contributed by atoms with E-state index in [-0.39, 0.29) is 5.78 Å². The van der Waals surface area contributed by atoms with E-state index in [4.69, 9.17) is 4.74 Å². The molecule has 6 nitrogen and oxygen atoms in total. The number of esters is 1. The third kappa shape index (κ3) is 3.58. The molecule has 1 saturated carbocycles. The lowest BCUT2D eigenvalue weighted by Crippen LogP contribution is -2.55. The fourth-order valence-electron chi connectivity index (χ4n) is 3.40. The molecule has 2 atom stereocenters. The Labute approximate surface area is 141 Å². The highest BCUT2D eigenvalue weighted by atomic mass is 16.5. The molecular weight excluding hydrogens is 310 g/mol. The number of amides is 1. The van der Waals surface area contributed by atoms with E-state index >= 15 is 0 Å². The van der Waals surface area contributed by atoms with Crippen LogP contribution in [-0.4, -0.2) is 38.1 Å². The van der Waals surface area contributed by atoms with Crippen LogP contribution in [-0.2, 0) is 25.5 Å². The summed E-state index contributed by atoms with van der Waals surface area (Å²) in [5, 5.41) is 2.68. The molecule has 0 unspecified atom stereocenters. The molecule has 1 aliphatic rings. The number of hydrogen-bond acceptors (Lipinski definition) is 5. The zero-order valence-corrected chi connectivity index (χ0v) is 14.0. The predicted octanol–water partition coefficient (Wildman–Crippen LogP) is 2.26. The molecule has 0 radical (unpaired) electrons. The first-order valence-electron chi connectivity index (χ1n) is 8.04. The van der Waals surface area contributed by atoms with Crippen molar-refractivity contribution in [2.75, 3.05) is 14.2 Å². The number of hydrogen-bond donors (Lipinski definition) is 1. The molecule has 0 heterocycles. The van der Waals surface area contributed by atoms with Gasteiger partial charge in [0.25, 0.3) is 0 Å². The number of carbonyl (C=O) groups excluding carboxylic acids is 3. The van der Waals surface area contributed by atoms with Crippen molar-refractivity contribution >= 4 is 17.8 Å². The van der Waals surface area contributed by atoms with Crippen molar-refractivity contribution in [3.63, 3.8) is 0 Å². The summed E-state index contributed by atoms with van der Waals surface area (Å²) >= 11 is 0. The molecule has 6 heteroatoms. The Morgan fingerprint density at radius 3 is 2.46 bits per heavy atom. The normalized spacial score (nSPS) is 21.2. The first-order chi connectivity index (χ1) is 11.5. The zero-order valence-electron chi connectivity index (χ0n) is 14.0. The minimum atomic E-state index is -1.32. The van der Waals surface area contributed by atoms with Gasteiger partial charge in [-0.1, -0.05) is 30.3 Å². The molecule has 1 N–H and O–H groups in total. The molecule has 1 aliphatic carbocycles. The highest BCUT2D eigenvalue weighted by Crippen LogP contribution is 2.41. The molecule has 0 spiro atoms. The fraction of sp³-hybridized carbons (Fsp3) is 0.500. The second kappa shape index (κ2) is 7.95. The van der Waals surface area contributed by atoms with Crippen LogP contribution in [0.5, 0.6) is 0 Å². The number of nitrogens with one attached hydrogen (secondary N) is 1. The standard InChI is InChI=1S/C18H23NO5/c1-23-16(21)18(12-6-9-15(18)20)14(19-17(22)24-2)11-10-13-7-4-3-5-8-13/h3-5,7-8,14H,6,9-12H2,1-2H3,(H,19,22)/t14-,18+/m0/s1. The number of ether oxygens (including phenoxy) is 2. The van der Waals surface area contributed by atoms with Crippen molar-refractivity contribution in [1.82, 2.24) is 5.32 Å². The summed E-state index contributed by atoms with van der Waals surface area (Å²) in [6, 6.07) is 9.05. The molecular formula is C18H23NO5. The molecule has 1 fully saturated rings. The molecule has 0 saturated heterocycles. The lowest BCUT2D eigenvalue weighted by Gasteiger charge is -2.33. The van der Waals surface area contributed by atoms with Crippen LogP contribution in [0.4, 0.5) is 4.79 Å². The SMILES string of the molecule is COC(=O)N[C@@H](CCc1ccccc1)[C@]1(C(=O)OC)CCCC1=O. The van der Waals surface area contributed by atoms with Gasteiger partial charge in [0.05, 0.1) is 20.3 Å². The van der Waals surface area contributed by atoms with E-state index in [1.54, 1.807) is 0 Å². The fourth-order valence-corrected chi connectivity index (χ4v) is 3.40. The quantitative estimate of drug-likeness (QED) is 0.638. The van der Waals surface area contributed by atoms with Crippen LogP contribution in [0, 0.1) is 5.41 Å². The maximum absolute atomic E-state index is 12.5. The zero-order chi connectivity index (χ0) is 17.6. The molecule has 0 aromatic heterocycles. The highest BCUT2D eigenvalue weighted by Gasteiger charge is 2.55. The van der Waals surface area contributed by atoms with Gasteiger partial charge in [-0.15, -0.1) is 0 Å². The van der Waals surface area contributed by atoms with E-state index in [0.29, 0.717) is 32.1 Å². The van der Waals surface area contributed by atoms with E-state index in [0.717, 1.165) is 5.56 Å². The smallest absolute Gasteiger partial charge is 0.407 e. The molecule has 1 aromatic rings.